The van der Waals surface area contributed by atoms with E-state index in [0.717, 1.165) is 15.8 Å². The molecular weight excluding hydrogens is 311 g/mol. The van der Waals surface area contributed by atoms with Gasteiger partial charge in [-0.3, -0.25) is 0 Å². The number of imidazole rings is 1. The maximum Gasteiger partial charge on any atom is 0.137 e. The fraction of sp³-hybridized carbons (Fsp3) is 0.0714. The number of nitrogens with zero attached hydrogens (tertiary/aromatic N) is 2. The van der Waals surface area contributed by atoms with E-state index in [9.17, 15) is 4.39 Å². The van der Waals surface area contributed by atoms with Gasteiger partial charge in [-0.15, -0.1) is 0 Å². The van der Waals surface area contributed by atoms with Crippen LogP contribution in [-0.2, 0) is 6.61 Å². The first kappa shape index (κ1) is 12.2. The lowest BCUT2D eigenvalue weighted by atomic mass is 10.3. The fourth-order valence-corrected chi connectivity index (χ4v) is 2.16. The van der Waals surface area contributed by atoms with Crippen molar-refractivity contribution in [2.75, 3.05) is 0 Å². The minimum Gasteiger partial charge on any atom is -0.486 e. The summed E-state index contributed by atoms with van der Waals surface area (Å²) in [6.07, 6.45) is 3.81. The molecule has 0 radical (unpaired) electrons. The van der Waals surface area contributed by atoms with Crippen LogP contribution >= 0.6 is 15.9 Å². The van der Waals surface area contributed by atoms with E-state index in [-0.39, 0.29) is 5.82 Å². The first-order chi connectivity index (χ1) is 9.22. The average molecular weight is 321 g/mol. The van der Waals surface area contributed by atoms with Crippen LogP contribution in [0.1, 0.15) is 5.69 Å². The van der Waals surface area contributed by atoms with Crippen LogP contribution in [0.25, 0.3) is 5.65 Å². The highest BCUT2D eigenvalue weighted by Crippen LogP contribution is 2.26. The Balaban J connectivity index is 1.80. The van der Waals surface area contributed by atoms with E-state index in [2.05, 4.69) is 20.9 Å². The van der Waals surface area contributed by atoms with Gasteiger partial charge in [0.05, 0.1) is 10.2 Å². The van der Waals surface area contributed by atoms with Crippen molar-refractivity contribution < 1.29 is 9.13 Å². The summed E-state index contributed by atoms with van der Waals surface area (Å²) in [7, 11) is 0. The molecule has 0 aliphatic heterocycles. The molecule has 0 aliphatic rings. The molecule has 2 aromatic heterocycles. The van der Waals surface area contributed by atoms with Crippen LogP contribution in [0.2, 0.25) is 0 Å². The van der Waals surface area contributed by atoms with Crippen molar-refractivity contribution in [2.45, 2.75) is 6.61 Å². The van der Waals surface area contributed by atoms with Crippen molar-refractivity contribution >= 4 is 21.6 Å². The predicted octanol–water partition coefficient (Wildman–Crippen LogP) is 3.81. The van der Waals surface area contributed by atoms with Crippen LogP contribution in [0.15, 0.2) is 53.3 Å². The lowest BCUT2D eigenvalue weighted by Gasteiger charge is -2.06. The van der Waals surface area contributed by atoms with Crippen LogP contribution < -0.4 is 4.74 Å². The SMILES string of the molecule is Fc1ccc(Br)c(OCc2cn3ccccc3n2)c1. The van der Waals surface area contributed by atoms with Crippen LogP contribution in [0, 0.1) is 5.82 Å². The number of halogens is 2. The minimum absolute atomic E-state index is 0.295. The normalized spacial score (nSPS) is 10.8. The van der Waals surface area contributed by atoms with Crippen molar-refractivity contribution in [3.05, 3.63) is 64.8 Å². The molecule has 0 unspecified atom stereocenters. The number of pyridine rings is 1. The Kier molecular flexibility index (Phi) is 3.21. The molecular formula is C14H10BrFN2O. The molecule has 3 rings (SSSR count). The Morgan fingerprint density at radius 1 is 1.26 bits per heavy atom. The molecule has 0 aliphatic carbocycles. The van der Waals surface area contributed by atoms with Gasteiger partial charge in [-0.1, -0.05) is 6.07 Å². The first-order valence-electron chi connectivity index (χ1n) is 5.73. The summed E-state index contributed by atoms with van der Waals surface area (Å²) in [6, 6.07) is 10.1. The molecule has 0 bridgehead atoms. The molecule has 0 spiro atoms. The molecule has 3 aromatic rings. The summed E-state index contributed by atoms with van der Waals surface area (Å²) >= 11 is 3.32. The maximum absolute atomic E-state index is 13.1. The minimum atomic E-state index is -0.326. The van der Waals surface area contributed by atoms with E-state index in [1.807, 2.05) is 35.0 Å². The molecule has 19 heavy (non-hydrogen) atoms. The van der Waals surface area contributed by atoms with Crippen LogP contribution in [0.3, 0.4) is 0 Å². The van der Waals surface area contributed by atoms with E-state index in [0.29, 0.717) is 12.4 Å². The third kappa shape index (κ3) is 2.61. The van der Waals surface area contributed by atoms with E-state index in [1.54, 1.807) is 6.07 Å². The highest BCUT2D eigenvalue weighted by Gasteiger charge is 2.05. The van der Waals surface area contributed by atoms with Crippen molar-refractivity contribution in [3.8, 4) is 5.75 Å². The van der Waals surface area contributed by atoms with Crippen molar-refractivity contribution in [3.63, 3.8) is 0 Å². The van der Waals surface area contributed by atoms with Gasteiger partial charge >= 0.3 is 0 Å². The van der Waals surface area contributed by atoms with E-state index >= 15 is 0 Å². The van der Waals surface area contributed by atoms with Gasteiger partial charge in [-0.05, 0) is 40.2 Å². The number of fused-ring (bicyclic) bond motifs is 1. The zero-order valence-corrected chi connectivity index (χ0v) is 11.5. The van der Waals surface area contributed by atoms with Crippen molar-refractivity contribution in [1.82, 2.24) is 9.38 Å². The van der Waals surface area contributed by atoms with Crippen LogP contribution in [0.4, 0.5) is 4.39 Å². The number of aromatic nitrogens is 2. The van der Waals surface area contributed by atoms with Gasteiger partial charge < -0.3 is 9.14 Å². The molecule has 0 amide bonds. The molecule has 96 valence electrons. The quantitative estimate of drug-likeness (QED) is 0.733. The zero-order chi connectivity index (χ0) is 13.2. The third-order valence-corrected chi connectivity index (χ3v) is 3.34. The van der Waals surface area contributed by atoms with Gasteiger partial charge in [-0.2, -0.15) is 0 Å². The highest BCUT2D eigenvalue weighted by molar-refractivity contribution is 9.10. The van der Waals surface area contributed by atoms with E-state index in [1.165, 1.54) is 12.1 Å². The number of rotatable bonds is 3. The third-order valence-electron chi connectivity index (χ3n) is 2.68. The summed E-state index contributed by atoms with van der Waals surface area (Å²) in [6.45, 7) is 0.295. The lowest BCUT2D eigenvalue weighted by molar-refractivity contribution is 0.298. The van der Waals surface area contributed by atoms with Crippen LogP contribution in [-0.4, -0.2) is 9.38 Å². The van der Waals surface area contributed by atoms with Gasteiger partial charge in [0.2, 0.25) is 0 Å². The predicted molar refractivity (Wildman–Crippen MR) is 73.6 cm³/mol. The van der Waals surface area contributed by atoms with Crippen molar-refractivity contribution in [2.24, 2.45) is 0 Å². The Labute approximate surface area is 117 Å². The Morgan fingerprint density at radius 2 is 2.16 bits per heavy atom. The molecule has 0 atom stereocenters. The topological polar surface area (TPSA) is 26.5 Å². The number of benzene rings is 1. The molecule has 1 aromatic carbocycles. The number of hydrogen-bond donors (Lipinski definition) is 0. The smallest absolute Gasteiger partial charge is 0.137 e. The van der Waals surface area contributed by atoms with E-state index in [4.69, 9.17) is 4.74 Å². The first-order valence-corrected chi connectivity index (χ1v) is 6.52. The molecule has 0 N–H and O–H groups in total. The Hall–Kier alpha value is -1.88. The largest absolute Gasteiger partial charge is 0.486 e. The number of ether oxygens (including phenoxy) is 1. The second kappa shape index (κ2) is 5.01. The second-order valence-electron chi connectivity index (χ2n) is 4.06. The fourth-order valence-electron chi connectivity index (χ4n) is 1.80. The average Bonchev–Trinajstić information content (AvgIpc) is 2.82. The summed E-state index contributed by atoms with van der Waals surface area (Å²) in [5.74, 6) is 0.144. The molecule has 0 fully saturated rings. The summed E-state index contributed by atoms with van der Waals surface area (Å²) in [5.41, 5.74) is 1.65. The zero-order valence-electron chi connectivity index (χ0n) is 9.88. The van der Waals surface area contributed by atoms with Gasteiger partial charge in [0.15, 0.2) is 0 Å². The number of hydrogen-bond acceptors (Lipinski definition) is 2. The van der Waals surface area contributed by atoms with Gasteiger partial charge in [-0.25, -0.2) is 9.37 Å². The lowest BCUT2D eigenvalue weighted by Crippen LogP contribution is -1.96. The van der Waals surface area contributed by atoms with Gasteiger partial charge in [0.25, 0.3) is 0 Å². The monoisotopic (exact) mass is 320 g/mol. The van der Waals surface area contributed by atoms with Gasteiger partial charge in [0, 0.05) is 18.5 Å². The van der Waals surface area contributed by atoms with Crippen molar-refractivity contribution in [1.29, 1.82) is 0 Å². The standard InChI is InChI=1S/C14H10BrFN2O/c15-12-5-4-10(16)7-13(12)19-9-11-8-18-6-2-1-3-14(18)17-11/h1-8H,9H2. The molecule has 5 heteroatoms. The highest BCUT2D eigenvalue weighted by atomic mass is 79.9. The molecule has 0 saturated carbocycles. The Bertz CT molecular complexity index is 693. The Morgan fingerprint density at radius 3 is 3.00 bits per heavy atom. The maximum atomic E-state index is 13.1. The molecule has 3 nitrogen and oxygen atoms in total. The summed E-state index contributed by atoms with van der Waals surface area (Å²) < 4.78 is 21.3. The summed E-state index contributed by atoms with van der Waals surface area (Å²) in [4.78, 5) is 4.41. The van der Waals surface area contributed by atoms with Crippen LogP contribution in [0.5, 0.6) is 5.75 Å². The summed E-state index contributed by atoms with van der Waals surface area (Å²) in [5, 5.41) is 0. The second-order valence-corrected chi connectivity index (χ2v) is 4.92. The van der Waals surface area contributed by atoms with Gasteiger partial charge in [0.1, 0.15) is 23.8 Å². The molecule has 0 saturated heterocycles. The molecule has 2 heterocycles. The van der Waals surface area contributed by atoms with E-state index < -0.39 is 0 Å².